The summed E-state index contributed by atoms with van der Waals surface area (Å²) in [6.45, 7) is 3.14. The predicted molar refractivity (Wildman–Crippen MR) is 72.8 cm³/mol. The van der Waals surface area contributed by atoms with Crippen LogP contribution in [0, 0.1) is 5.92 Å². The minimum absolute atomic E-state index is 0.0408. The lowest BCUT2D eigenvalue weighted by atomic mass is 9.94. The second kappa shape index (κ2) is 5.80. The third-order valence-electron chi connectivity index (χ3n) is 4.18. The molecule has 8 heteroatoms. The number of carbonyl (C=O) groups is 2. The van der Waals surface area contributed by atoms with E-state index in [2.05, 4.69) is 15.6 Å². The number of carbonyl (C=O) groups excluding carboxylic acids is 1. The summed E-state index contributed by atoms with van der Waals surface area (Å²) in [4.78, 5) is 24.7. The number of nitrogens with zero attached hydrogens (tertiary/aromatic N) is 4. The van der Waals surface area contributed by atoms with Crippen molar-refractivity contribution in [2.75, 3.05) is 26.2 Å². The first-order valence-corrected chi connectivity index (χ1v) is 7.27. The lowest BCUT2D eigenvalue weighted by Crippen LogP contribution is -2.51. The Kier molecular flexibility index (Phi) is 3.87. The van der Waals surface area contributed by atoms with Crippen LogP contribution in [0.2, 0.25) is 0 Å². The van der Waals surface area contributed by atoms with Crippen LogP contribution in [0.4, 0.5) is 0 Å². The fourth-order valence-corrected chi connectivity index (χ4v) is 2.85. The van der Waals surface area contributed by atoms with Crippen molar-refractivity contribution in [3.8, 4) is 0 Å². The molecule has 0 spiro atoms. The number of likely N-dealkylation sites (tertiary alicyclic amines) is 1. The smallest absolute Gasteiger partial charge is 0.358 e. The minimum atomic E-state index is -1.08. The standard InChI is InChI=1S/C13H19N5O3/c19-12(4-9-2-1-3-14-5-9)17-6-10(7-17)18-8-11(13(20)21)15-16-18/h8-10,14H,1-7H2,(H,20,21). The Hall–Kier alpha value is -1.96. The highest BCUT2D eigenvalue weighted by atomic mass is 16.4. The van der Waals surface area contributed by atoms with E-state index in [4.69, 9.17) is 5.11 Å². The third-order valence-corrected chi connectivity index (χ3v) is 4.18. The van der Waals surface area contributed by atoms with E-state index in [1.807, 2.05) is 0 Å². The second-order valence-corrected chi connectivity index (χ2v) is 5.76. The molecule has 2 aliphatic heterocycles. The Balaban J connectivity index is 1.48. The third kappa shape index (κ3) is 3.05. The zero-order valence-electron chi connectivity index (χ0n) is 11.7. The predicted octanol–water partition coefficient (Wildman–Crippen LogP) is -0.251. The van der Waals surface area contributed by atoms with Gasteiger partial charge in [0.15, 0.2) is 5.69 Å². The number of aromatic carboxylic acids is 1. The molecule has 2 aliphatic rings. The summed E-state index contributed by atoms with van der Waals surface area (Å²) in [5, 5.41) is 19.5. The molecule has 2 saturated heterocycles. The van der Waals surface area contributed by atoms with Crippen LogP contribution in [0.1, 0.15) is 35.8 Å². The van der Waals surface area contributed by atoms with Gasteiger partial charge in [-0.15, -0.1) is 5.10 Å². The van der Waals surface area contributed by atoms with Crippen LogP contribution in [0.3, 0.4) is 0 Å². The molecule has 3 rings (SSSR count). The van der Waals surface area contributed by atoms with E-state index in [0.29, 0.717) is 25.4 Å². The molecule has 1 atom stereocenters. The molecule has 1 unspecified atom stereocenters. The Morgan fingerprint density at radius 1 is 1.43 bits per heavy atom. The molecule has 1 aromatic rings. The highest BCUT2D eigenvalue weighted by Crippen LogP contribution is 2.23. The number of aromatic nitrogens is 3. The van der Waals surface area contributed by atoms with Crippen LogP contribution >= 0.6 is 0 Å². The number of carboxylic acid groups (broad SMARTS) is 1. The van der Waals surface area contributed by atoms with Gasteiger partial charge in [-0.25, -0.2) is 9.48 Å². The van der Waals surface area contributed by atoms with Crippen LogP contribution in [-0.4, -0.2) is 63.1 Å². The van der Waals surface area contributed by atoms with Crippen molar-refractivity contribution in [2.45, 2.75) is 25.3 Å². The normalized spacial score (nSPS) is 22.9. The monoisotopic (exact) mass is 293 g/mol. The van der Waals surface area contributed by atoms with Gasteiger partial charge in [-0.05, 0) is 31.8 Å². The molecular weight excluding hydrogens is 274 g/mol. The molecule has 0 saturated carbocycles. The van der Waals surface area contributed by atoms with Gasteiger partial charge in [0, 0.05) is 19.5 Å². The number of rotatable bonds is 4. The van der Waals surface area contributed by atoms with Gasteiger partial charge in [0.05, 0.1) is 12.2 Å². The molecule has 114 valence electrons. The summed E-state index contributed by atoms with van der Waals surface area (Å²) >= 11 is 0. The average molecular weight is 293 g/mol. The fourth-order valence-electron chi connectivity index (χ4n) is 2.85. The zero-order chi connectivity index (χ0) is 14.8. The highest BCUT2D eigenvalue weighted by Gasteiger charge is 2.34. The maximum atomic E-state index is 12.1. The Morgan fingerprint density at radius 2 is 2.24 bits per heavy atom. The van der Waals surface area contributed by atoms with E-state index >= 15 is 0 Å². The fraction of sp³-hybridized carbons (Fsp3) is 0.692. The Labute approximate surface area is 122 Å². The number of nitrogens with one attached hydrogen (secondary N) is 1. The number of piperidine rings is 1. The zero-order valence-corrected chi connectivity index (χ0v) is 11.7. The SMILES string of the molecule is O=C(O)c1cn(C2CN(C(=O)CC3CCCNC3)C2)nn1. The molecule has 2 N–H and O–H groups in total. The lowest BCUT2D eigenvalue weighted by Gasteiger charge is -2.39. The summed E-state index contributed by atoms with van der Waals surface area (Å²) in [5.74, 6) is -0.466. The quantitative estimate of drug-likeness (QED) is 0.794. The molecule has 0 bridgehead atoms. The summed E-state index contributed by atoms with van der Waals surface area (Å²) in [6, 6.07) is 0.0408. The van der Waals surface area contributed by atoms with Crippen molar-refractivity contribution < 1.29 is 14.7 Å². The molecule has 1 amide bonds. The topological polar surface area (TPSA) is 100 Å². The first-order valence-electron chi connectivity index (χ1n) is 7.27. The molecule has 21 heavy (non-hydrogen) atoms. The van der Waals surface area contributed by atoms with Gasteiger partial charge in [0.25, 0.3) is 0 Å². The van der Waals surface area contributed by atoms with Crippen molar-refractivity contribution >= 4 is 11.9 Å². The van der Waals surface area contributed by atoms with Crippen molar-refractivity contribution in [1.82, 2.24) is 25.2 Å². The van der Waals surface area contributed by atoms with Crippen molar-refractivity contribution in [3.63, 3.8) is 0 Å². The molecule has 1 aromatic heterocycles. The molecule has 0 radical (unpaired) electrons. The van der Waals surface area contributed by atoms with E-state index in [0.717, 1.165) is 25.9 Å². The van der Waals surface area contributed by atoms with Gasteiger partial charge < -0.3 is 15.3 Å². The van der Waals surface area contributed by atoms with E-state index in [1.54, 1.807) is 4.90 Å². The van der Waals surface area contributed by atoms with Gasteiger partial charge in [0.2, 0.25) is 5.91 Å². The summed E-state index contributed by atoms with van der Waals surface area (Å²) in [7, 11) is 0. The average Bonchev–Trinajstić information content (AvgIpc) is 2.88. The number of hydrogen-bond donors (Lipinski definition) is 2. The van der Waals surface area contributed by atoms with E-state index < -0.39 is 5.97 Å². The largest absolute Gasteiger partial charge is 0.476 e. The number of hydrogen-bond acceptors (Lipinski definition) is 5. The van der Waals surface area contributed by atoms with Crippen LogP contribution in [0.25, 0.3) is 0 Å². The molecule has 3 heterocycles. The maximum absolute atomic E-state index is 12.1. The van der Waals surface area contributed by atoms with E-state index in [-0.39, 0.29) is 17.6 Å². The number of amides is 1. The summed E-state index contributed by atoms with van der Waals surface area (Å²) in [6.07, 6.45) is 4.26. The minimum Gasteiger partial charge on any atom is -0.476 e. The molecular formula is C13H19N5O3. The van der Waals surface area contributed by atoms with Crippen LogP contribution in [0.15, 0.2) is 6.20 Å². The molecule has 0 aromatic carbocycles. The Bertz CT molecular complexity index is 532. The van der Waals surface area contributed by atoms with Crippen LogP contribution < -0.4 is 5.32 Å². The first kappa shape index (κ1) is 14.0. The van der Waals surface area contributed by atoms with Gasteiger partial charge in [-0.2, -0.15) is 0 Å². The maximum Gasteiger partial charge on any atom is 0.358 e. The highest BCUT2D eigenvalue weighted by molar-refractivity contribution is 5.84. The molecule has 8 nitrogen and oxygen atoms in total. The number of carboxylic acids is 1. The second-order valence-electron chi connectivity index (χ2n) is 5.76. The van der Waals surface area contributed by atoms with Gasteiger partial charge in [-0.1, -0.05) is 5.21 Å². The van der Waals surface area contributed by atoms with E-state index in [1.165, 1.54) is 10.9 Å². The summed E-state index contributed by atoms with van der Waals surface area (Å²) < 4.78 is 1.54. The Morgan fingerprint density at radius 3 is 2.86 bits per heavy atom. The van der Waals surface area contributed by atoms with Crippen molar-refractivity contribution in [3.05, 3.63) is 11.9 Å². The molecule has 0 aliphatic carbocycles. The van der Waals surface area contributed by atoms with Gasteiger partial charge in [0.1, 0.15) is 0 Å². The van der Waals surface area contributed by atoms with Crippen LogP contribution in [0.5, 0.6) is 0 Å². The van der Waals surface area contributed by atoms with Crippen molar-refractivity contribution in [1.29, 1.82) is 0 Å². The van der Waals surface area contributed by atoms with Crippen molar-refractivity contribution in [2.24, 2.45) is 5.92 Å². The van der Waals surface area contributed by atoms with Crippen LogP contribution in [-0.2, 0) is 4.79 Å². The van der Waals surface area contributed by atoms with E-state index in [9.17, 15) is 9.59 Å². The molecule has 2 fully saturated rings. The lowest BCUT2D eigenvalue weighted by molar-refractivity contribution is -0.138. The van der Waals surface area contributed by atoms with Gasteiger partial charge in [-0.3, -0.25) is 4.79 Å². The summed E-state index contributed by atoms with van der Waals surface area (Å²) in [5.41, 5.74) is -0.0620. The first-order chi connectivity index (χ1) is 10.1. The van der Waals surface area contributed by atoms with Gasteiger partial charge >= 0.3 is 5.97 Å².